The maximum absolute atomic E-state index is 12.2. The van der Waals surface area contributed by atoms with E-state index in [0.717, 1.165) is 11.1 Å². The molecular weight excluding hydrogens is 359 g/mol. The summed E-state index contributed by atoms with van der Waals surface area (Å²) in [5.41, 5.74) is 3.99. The fourth-order valence-corrected chi connectivity index (χ4v) is 3.09. The zero-order chi connectivity index (χ0) is 17.2. The lowest BCUT2D eigenvalue weighted by Gasteiger charge is -2.10. The highest BCUT2D eigenvalue weighted by Gasteiger charge is 2.17. The molecule has 0 unspecified atom stereocenters. The maximum atomic E-state index is 12.2. The fourth-order valence-electron chi connectivity index (χ4n) is 1.79. The van der Waals surface area contributed by atoms with Crippen molar-refractivity contribution in [3.05, 3.63) is 63.1 Å². The van der Waals surface area contributed by atoms with Crippen LogP contribution in [-0.4, -0.2) is 14.3 Å². The molecule has 8 heteroatoms. The highest BCUT2D eigenvalue weighted by atomic mass is 35.5. The van der Waals surface area contributed by atoms with Crippen molar-refractivity contribution < 1.29 is 13.2 Å². The van der Waals surface area contributed by atoms with Gasteiger partial charge in [-0.15, -0.1) is 4.83 Å². The number of amides is 1. The SMILES string of the molecule is Cc1ccc(S(=O)(=O)NNC(=O)c2cc(Cl)ccc2Cl)cc1C. The molecule has 1 amide bonds. The highest BCUT2D eigenvalue weighted by Crippen LogP contribution is 2.20. The molecule has 0 heterocycles. The molecule has 2 aromatic carbocycles. The number of aryl methyl sites for hydroxylation is 2. The first-order chi connectivity index (χ1) is 10.7. The third-order valence-electron chi connectivity index (χ3n) is 3.26. The van der Waals surface area contributed by atoms with Crippen LogP contribution in [0.4, 0.5) is 0 Å². The van der Waals surface area contributed by atoms with Crippen molar-refractivity contribution in [3.63, 3.8) is 0 Å². The van der Waals surface area contributed by atoms with Gasteiger partial charge in [0.1, 0.15) is 0 Å². The Morgan fingerprint density at radius 1 is 1.00 bits per heavy atom. The molecule has 0 atom stereocenters. The second-order valence-corrected chi connectivity index (χ2v) is 7.46. The molecule has 2 aromatic rings. The molecule has 5 nitrogen and oxygen atoms in total. The Morgan fingerprint density at radius 2 is 1.70 bits per heavy atom. The van der Waals surface area contributed by atoms with E-state index >= 15 is 0 Å². The van der Waals surface area contributed by atoms with Gasteiger partial charge in [0.2, 0.25) is 0 Å². The Bertz CT molecular complexity index is 867. The minimum Gasteiger partial charge on any atom is -0.273 e. The van der Waals surface area contributed by atoms with Crippen molar-refractivity contribution in [1.29, 1.82) is 0 Å². The molecule has 0 radical (unpaired) electrons. The first kappa shape index (κ1) is 17.7. The van der Waals surface area contributed by atoms with E-state index < -0.39 is 15.9 Å². The number of rotatable bonds is 4. The number of benzene rings is 2. The van der Waals surface area contributed by atoms with E-state index in [-0.39, 0.29) is 15.5 Å². The summed E-state index contributed by atoms with van der Waals surface area (Å²) in [4.78, 5) is 14.1. The average Bonchev–Trinajstić information content (AvgIpc) is 2.50. The van der Waals surface area contributed by atoms with Crippen LogP contribution in [0.25, 0.3) is 0 Å². The molecule has 0 spiro atoms. The Morgan fingerprint density at radius 3 is 2.35 bits per heavy atom. The number of sulfonamides is 1. The molecule has 2 rings (SSSR count). The van der Waals surface area contributed by atoms with E-state index in [1.165, 1.54) is 30.3 Å². The Hall–Kier alpha value is -1.60. The van der Waals surface area contributed by atoms with Gasteiger partial charge in [-0.2, -0.15) is 0 Å². The molecule has 0 saturated heterocycles. The van der Waals surface area contributed by atoms with Gasteiger partial charge in [-0.05, 0) is 55.3 Å². The van der Waals surface area contributed by atoms with E-state index in [1.807, 2.05) is 11.8 Å². The van der Waals surface area contributed by atoms with Gasteiger partial charge in [-0.3, -0.25) is 10.2 Å². The Kier molecular flexibility index (Phi) is 5.31. The molecule has 0 saturated carbocycles. The first-order valence-electron chi connectivity index (χ1n) is 6.55. The van der Waals surface area contributed by atoms with Crippen molar-refractivity contribution in [3.8, 4) is 0 Å². The number of hydrogen-bond donors (Lipinski definition) is 2. The number of hydrazine groups is 1. The standard InChI is InChI=1S/C15H14Cl2N2O3S/c1-9-3-5-12(7-10(9)2)23(21,22)19-18-15(20)13-8-11(16)4-6-14(13)17/h3-8,19H,1-2H3,(H,18,20). The number of halogens is 2. The first-order valence-corrected chi connectivity index (χ1v) is 8.79. The molecule has 0 aliphatic carbocycles. The predicted octanol–water partition coefficient (Wildman–Crippen LogP) is 3.23. The third kappa shape index (κ3) is 4.23. The molecule has 2 N–H and O–H groups in total. The molecule has 0 aliphatic rings. The molecule has 0 aliphatic heterocycles. The summed E-state index contributed by atoms with van der Waals surface area (Å²) >= 11 is 11.7. The zero-order valence-corrected chi connectivity index (χ0v) is 14.7. The summed E-state index contributed by atoms with van der Waals surface area (Å²) in [6.45, 7) is 3.68. The van der Waals surface area contributed by atoms with Crippen LogP contribution in [0.3, 0.4) is 0 Å². The van der Waals surface area contributed by atoms with Crippen LogP contribution in [0.15, 0.2) is 41.3 Å². The maximum Gasteiger partial charge on any atom is 0.267 e. The van der Waals surface area contributed by atoms with Gasteiger partial charge >= 0.3 is 0 Å². The van der Waals surface area contributed by atoms with E-state index in [4.69, 9.17) is 23.2 Å². The smallest absolute Gasteiger partial charge is 0.267 e. The Labute approximate surface area is 144 Å². The molecule has 0 fully saturated rings. The quantitative estimate of drug-likeness (QED) is 0.808. The summed E-state index contributed by atoms with van der Waals surface area (Å²) in [7, 11) is -3.88. The number of carbonyl (C=O) groups is 1. The van der Waals surface area contributed by atoms with Gasteiger partial charge in [-0.1, -0.05) is 29.3 Å². The van der Waals surface area contributed by atoms with Crippen molar-refractivity contribution in [2.24, 2.45) is 0 Å². The second kappa shape index (κ2) is 6.88. The largest absolute Gasteiger partial charge is 0.273 e. The van der Waals surface area contributed by atoms with Gasteiger partial charge < -0.3 is 0 Å². The third-order valence-corrected chi connectivity index (χ3v) is 5.07. The average molecular weight is 373 g/mol. The van der Waals surface area contributed by atoms with Gasteiger partial charge in [0.15, 0.2) is 0 Å². The normalized spacial score (nSPS) is 11.3. The van der Waals surface area contributed by atoms with E-state index in [1.54, 1.807) is 13.0 Å². The van der Waals surface area contributed by atoms with E-state index in [9.17, 15) is 13.2 Å². The van der Waals surface area contributed by atoms with Crippen molar-refractivity contribution in [1.82, 2.24) is 10.3 Å². The monoisotopic (exact) mass is 372 g/mol. The molecule has 23 heavy (non-hydrogen) atoms. The lowest BCUT2D eigenvalue weighted by atomic mass is 10.1. The van der Waals surface area contributed by atoms with Crippen LogP contribution < -0.4 is 10.3 Å². The van der Waals surface area contributed by atoms with Crippen LogP contribution in [0.5, 0.6) is 0 Å². The topological polar surface area (TPSA) is 75.3 Å². The minimum atomic E-state index is -3.88. The number of hydrogen-bond acceptors (Lipinski definition) is 3. The van der Waals surface area contributed by atoms with Gasteiger partial charge in [0.25, 0.3) is 15.9 Å². The van der Waals surface area contributed by atoms with Crippen LogP contribution in [-0.2, 0) is 10.0 Å². The predicted molar refractivity (Wildman–Crippen MR) is 90.2 cm³/mol. The van der Waals surface area contributed by atoms with Gasteiger partial charge in [0, 0.05) is 5.02 Å². The Balaban J connectivity index is 2.17. The lowest BCUT2D eigenvalue weighted by Crippen LogP contribution is -2.41. The van der Waals surface area contributed by atoms with Crippen molar-refractivity contribution >= 4 is 39.1 Å². The highest BCUT2D eigenvalue weighted by molar-refractivity contribution is 7.89. The van der Waals surface area contributed by atoms with E-state index in [2.05, 4.69) is 5.43 Å². The zero-order valence-electron chi connectivity index (χ0n) is 12.4. The lowest BCUT2D eigenvalue weighted by molar-refractivity contribution is 0.0945. The van der Waals surface area contributed by atoms with Crippen molar-refractivity contribution in [2.75, 3.05) is 0 Å². The van der Waals surface area contributed by atoms with Crippen molar-refractivity contribution in [2.45, 2.75) is 18.7 Å². The summed E-state index contributed by atoms with van der Waals surface area (Å²) in [6.07, 6.45) is 0. The fraction of sp³-hybridized carbons (Fsp3) is 0.133. The summed E-state index contributed by atoms with van der Waals surface area (Å²) in [5, 5.41) is 0.480. The molecular formula is C15H14Cl2N2O3S. The van der Waals surface area contributed by atoms with Gasteiger partial charge in [0.05, 0.1) is 15.5 Å². The minimum absolute atomic E-state index is 0.0538. The van der Waals surface area contributed by atoms with Crippen LogP contribution in [0.1, 0.15) is 21.5 Å². The summed E-state index contributed by atoms with van der Waals surface area (Å²) in [5.74, 6) is -0.704. The summed E-state index contributed by atoms with van der Waals surface area (Å²) < 4.78 is 24.4. The number of carbonyl (C=O) groups excluding carboxylic acids is 1. The molecule has 0 bridgehead atoms. The molecule has 0 aromatic heterocycles. The molecule has 122 valence electrons. The summed E-state index contributed by atoms with van der Waals surface area (Å²) in [6, 6.07) is 9.01. The van der Waals surface area contributed by atoms with Gasteiger partial charge in [-0.25, -0.2) is 8.42 Å². The number of nitrogens with one attached hydrogen (secondary N) is 2. The second-order valence-electron chi connectivity index (χ2n) is 4.93. The van der Waals surface area contributed by atoms with Crippen LogP contribution >= 0.6 is 23.2 Å². The van der Waals surface area contributed by atoms with E-state index in [0.29, 0.717) is 5.02 Å². The van der Waals surface area contributed by atoms with Crippen LogP contribution in [0.2, 0.25) is 10.0 Å². The van der Waals surface area contributed by atoms with Crippen LogP contribution in [0, 0.1) is 13.8 Å².